The number of benzene rings is 4. The Bertz CT molecular complexity index is 1930. The number of thioether (sulfide) groups is 1. The first-order valence-corrected chi connectivity index (χ1v) is 15.3. The lowest BCUT2D eigenvalue weighted by Gasteiger charge is -2.30. The van der Waals surface area contributed by atoms with Gasteiger partial charge in [-0.2, -0.15) is 0 Å². The van der Waals surface area contributed by atoms with E-state index in [1.165, 1.54) is 21.2 Å². The van der Waals surface area contributed by atoms with Crippen LogP contribution >= 0.6 is 23.1 Å². The van der Waals surface area contributed by atoms with Crippen LogP contribution in [0.25, 0.3) is 10.8 Å². The molecule has 0 unspecified atom stereocenters. The summed E-state index contributed by atoms with van der Waals surface area (Å²) < 4.78 is 1.44. The van der Waals surface area contributed by atoms with Crippen molar-refractivity contribution in [1.82, 2.24) is 4.57 Å². The lowest BCUT2D eigenvalue weighted by Crippen LogP contribution is -2.33. The van der Waals surface area contributed by atoms with E-state index >= 15 is 0 Å². The number of carbonyl (C=O) groups is 3. The smallest absolute Gasteiger partial charge is 0.308 e. The minimum Gasteiger partial charge on any atom is -0.325 e. The summed E-state index contributed by atoms with van der Waals surface area (Å²) in [6.45, 7) is 1.75. The van der Waals surface area contributed by atoms with Crippen molar-refractivity contribution in [3.05, 3.63) is 123 Å². The van der Waals surface area contributed by atoms with Crippen LogP contribution in [0, 0.1) is 12.8 Å². The maximum absolute atomic E-state index is 13.9. The van der Waals surface area contributed by atoms with Crippen molar-refractivity contribution in [3.8, 4) is 0 Å². The first-order chi connectivity index (χ1) is 20.4. The number of nitrogens with one attached hydrogen (secondary N) is 1. The zero-order valence-electron chi connectivity index (χ0n) is 22.5. The highest BCUT2D eigenvalue weighted by molar-refractivity contribution is 8.00. The second-order valence-electron chi connectivity index (χ2n) is 10.5. The van der Waals surface area contributed by atoms with Gasteiger partial charge < -0.3 is 5.32 Å². The molecule has 2 aliphatic rings. The zero-order valence-corrected chi connectivity index (χ0v) is 24.2. The maximum Gasteiger partial charge on any atom is 0.308 e. The topological polar surface area (TPSA) is 88.5 Å². The molecule has 5 aromatic rings. The van der Waals surface area contributed by atoms with Gasteiger partial charge in [-0.25, -0.2) is 4.90 Å². The third-order valence-electron chi connectivity index (χ3n) is 7.84. The summed E-state index contributed by atoms with van der Waals surface area (Å²) >= 11 is 2.26. The molecule has 0 spiro atoms. The third-order valence-corrected chi connectivity index (χ3v) is 10.4. The summed E-state index contributed by atoms with van der Waals surface area (Å²) in [4.78, 5) is 56.0. The van der Waals surface area contributed by atoms with E-state index in [4.69, 9.17) is 0 Å². The first-order valence-electron chi connectivity index (χ1n) is 13.6. The standard InChI is InChI=1S/C33H25N3O4S2/c1-19-11-15-24(16-12-19)36-30(38)27-26(21-8-3-2-4-9-21)29-32(41-28(27)31(36)39)35(33(40)42-29)18-25(37)34-23-14-13-20-7-5-6-10-22(20)17-23/h2-17,26-28H,18H2,1H3,(H,34,37)/t26-,27-,28+/m0/s1. The number of anilines is 2. The molecule has 3 amide bonds. The number of nitrogens with zero attached hydrogens (tertiary/aromatic N) is 2. The molecule has 7 nitrogen and oxygen atoms in total. The highest BCUT2D eigenvalue weighted by atomic mass is 32.2. The summed E-state index contributed by atoms with van der Waals surface area (Å²) in [5.74, 6) is -2.08. The Morgan fingerprint density at radius 1 is 0.833 bits per heavy atom. The van der Waals surface area contributed by atoms with Crippen molar-refractivity contribution in [1.29, 1.82) is 0 Å². The summed E-state index contributed by atoms with van der Waals surface area (Å²) in [5.41, 5.74) is 3.05. The molecule has 42 heavy (non-hydrogen) atoms. The maximum atomic E-state index is 13.9. The van der Waals surface area contributed by atoms with Crippen LogP contribution in [-0.4, -0.2) is 27.5 Å². The van der Waals surface area contributed by atoms with Gasteiger partial charge in [0.15, 0.2) is 0 Å². The van der Waals surface area contributed by atoms with E-state index in [2.05, 4.69) is 5.32 Å². The fourth-order valence-corrected chi connectivity index (χ4v) is 8.61. The zero-order chi connectivity index (χ0) is 29.0. The van der Waals surface area contributed by atoms with Gasteiger partial charge in [0.05, 0.1) is 16.6 Å². The predicted molar refractivity (Wildman–Crippen MR) is 166 cm³/mol. The molecule has 0 saturated carbocycles. The number of amides is 3. The van der Waals surface area contributed by atoms with Gasteiger partial charge in [-0.3, -0.25) is 23.7 Å². The van der Waals surface area contributed by atoms with Crippen LogP contribution in [-0.2, 0) is 20.9 Å². The molecule has 4 aromatic carbocycles. The molecule has 1 N–H and O–H groups in total. The van der Waals surface area contributed by atoms with E-state index in [-0.39, 0.29) is 29.1 Å². The van der Waals surface area contributed by atoms with Gasteiger partial charge in [-0.05, 0) is 47.5 Å². The number of hydrogen-bond acceptors (Lipinski definition) is 6. The predicted octanol–water partition coefficient (Wildman–Crippen LogP) is 5.81. The molecule has 1 saturated heterocycles. The molecule has 1 aromatic heterocycles. The molecular formula is C33H25N3O4S2. The molecule has 208 valence electrons. The minimum atomic E-state index is -0.722. The molecule has 3 heterocycles. The number of fused-ring (bicyclic) bond motifs is 3. The number of rotatable bonds is 5. The quantitative estimate of drug-likeness (QED) is 0.261. The molecule has 0 aliphatic carbocycles. The van der Waals surface area contributed by atoms with E-state index < -0.39 is 17.1 Å². The number of thiazole rings is 1. The van der Waals surface area contributed by atoms with Crippen molar-refractivity contribution >= 4 is 63.0 Å². The molecule has 0 bridgehead atoms. The molecule has 1 fully saturated rings. The van der Waals surface area contributed by atoms with Gasteiger partial charge >= 0.3 is 4.87 Å². The second kappa shape index (κ2) is 10.4. The Hall–Kier alpha value is -4.47. The van der Waals surface area contributed by atoms with Gasteiger partial charge in [-0.1, -0.05) is 101 Å². The summed E-state index contributed by atoms with van der Waals surface area (Å²) in [6, 6.07) is 30.4. The third kappa shape index (κ3) is 4.45. The van der Waals surface area contributed by atoms with E-state index in [0.29, 0.717) is 21.3 Å². The Morgan fingerprint density at radius 2 is 1.55 bits per heavy atom. The Morgan fingerprint density at radius 3 is 2.31 bits per heavy atom. The average Bonchev–Trinajstić information content (AvgIpc) is 3.44. The molecule has 7 rings (SSSR count). The van der Waals surface area contributed by atoms with Crippen molar-refractivity contribution in [2.75, 3.05) is 10.2 Å². The fourth-order valence-electron chi connectivity index (χ4n) is 5.83. The van der Waals surface area contributed by atoms with Gasteiger partial charge in [0, 0.05) is 16.5 Å². The van der Waals surface area contributed by atoms with Gasteiger partial charge in [-0.15, -0.1) is 0 Å². The highest BCUT2D eigenvalue weighted by Crippen LogP contribution is 2.53. The average molecular weight is 592 g/mol. The summed E-state index contributed by atoms with van der Waals surface area (Å²) in [6.07, 6.45) is 0. The van der Waals surface area contributed by atoms with Crippen molar-refractivity contribution in [2.24, 2.45) is 5.92 Å². The van der Waals surface area contributed by atoms with E-state index in [9.17, 15) is 19.2 Å². The van der Waals surface area contributed by atoms with E-state index in [0.717, 1.165) is 33.2 Å². The van der Waals surface area contributed by atoms with Gasteiger partial charge in [0.2, 0.25) is 17.7 Å². The number of carbonyl (C=O) groups excluding carboxylic acids is 3. The SMILES string of the molecule is Cc1ccc(N2C(=O)[C@H]3[C@H](c4ccccc4)c4sc(=O)n(CC(=O)Nc5ccc6ccccc6c5)c4S[C@H]3C2=O)cc1. The van der Waals surface area contributed by atoms with Crippen LogP contribution in [0.4, 0.5) is 11.4 Å². The lowest BCUT2D eigenvalue weighted by molar-refractivity contribution is -0.122. The van der Waals surface area contributed by atoms with Gasteiger partial charge in [0.1, 0.15) is 11.8 Å². The number of aromatic nitrogens is 1. The molecular weight excluding hydrogens is 567 g/mol. The van der Waals surface area contributed by atoms with E-state index in [1.807, 2.05) is 91.9 Å². The fraction of sp³-hybridized carbons (Fsp3) is 0.152. The van der Waals surface area contributed by atoms with Crippen LogP contribution in [0.1, 0.15) is 21.9 Å². The number of imide groups is 1. The van der Waals surface area contributed by atoms with Crippen molar-refractivity contribution < 1.29 is 14.4 Å². The largest absolute Gasteiger partial charge is 0.325 e. The van der Waals surface area contributed by atoms with E-state index in [1.54, 1.807) is 12.1 Å². The second-order valence-corrected chi connectivity index (χ2v) is 12.7. The van der Waals surface area contributed by atoms with Crippen LogP contribution in [0.3, 0.4) is 0 Å². The van der Waals surface area contributed by atoms with Crippen LogP contribution in [0.2, 0.25) is 0 Å². The summed E-state index contributed by atoms with van der Waals surface area (Å²) in [7, 11) is 0. The van der Waals surface area contributed by atoms with Crippen LogP contribution < -0.4 is 15.1 Å². The molecule has 3 atom stereocenters. The van der Waals surface area contributed by atoms with Crippen molar-refractivity contribution in [3.63, 3.8) is 0 Å². The minimum absolute atomic E-state index is 0.201. The lowest BCUT2D eigenvalue weighted by atomic mass is 9.83. The summed E-state index contributed by atoms with van der Waals surface area (Å²) in [5, 5.41) is 4.82. The number of aryl methyl sites for hydroxylation is 1. The Balaban J connectivity index is 1.25. The molecule has 0 radical (unpaired) electrons. The number of hydrogen-bond donors (Lipinski definition) is 1. The monoisotopic (exact) mass is 591 g/mol. The molecule has 9 heteroatoms. The van der Waals surface area contributed by atoms with Gasteiger partial charge in [0.25, 0.3) is 0 Å². The Kier molecular flexibility index (Phi) is 6.56. The Labute approximate surface area is 249 Å². The van der Waals surface area contributed by atoms with Crippen molar-refractivity contribution in [2.45, 2.75) is 29.7 Å². The first kappa shape index (κ1) is 26.4. The van der Waals surface area contributed by atoms with Crippen LogP contribution in [0.15, 0.2) is 107 Å². The normalized spacial score (nSPS) is 19.5. The molecule has 2 aliphatic heterocycles. The highest BCUT2D eigenvalue weighted by Gasteiger charge is 2.56. The van der Waals surface area contributed by atoms with Crippen LogP contribution in [0.5, 0.6) is 0 Å².